The van der Waals surface area contributed by atoms with Crippen molar-refractivity contribution in [3.8, 4) is 5.75 Å². The second kappa shape index (κ2) is 9.22. The van der Waals surface area contributed by atoms with E-state index >= 15 is 0 Å². The Balaban J connectivity index is 1.40. The SMILES string of the molecule is CCOc1ccc(CCC2CCN(C(=O)[C@@H]3CC[C@H](C(=O)O)O3)CC2)cc1. The molecule has 2 saturated heterocycles. The molecule has 1 aromatic carbocycles. The van der Waals surface area contributed by atoms with Gasteiger partial charge in [-0.3, -0.25) is 4.79 Å². The first kappa shape index (κ1) is 19.7. The van der Waals surface area contributed by atoms with Gasteiger partial charge in [0.15, 0.2) is 6.10 Å². The number of benzene rings is 1. The average molecular weight is 375 g/mol. The Morgan fingerprint density at radius 1 is 1.11 bits per heavy atom. The number of aryl methyl sites for hydroxylation is 1. The molecule has 0 saturated carbocycles. The summed E-state index contributed by atoms with van der Waals surface area (Å²) < 4.78 is 10.9. The van der Waals surface area contributed by atoms with E-state index in [1.165, 1.54) is 5.56 Å². The number of piperidine rings is 1. The number of rotatable bonds is 7. The van der Waals surface area contributed by atoms with E-state index in [0.717, 1.165) is 44.5 Å². The van der Waals surface area contributed by atoms with E-state index in [9.17, 15) is 9.59 Å². The summed E-state index contributed by atoms with van der Waals surface area (Å²) in [6.45, 7) is 4.14. The van der Waals surface area contributed by atoms with Gasteiger partial charge in [0.05, 0.1) is 6.61 Å². The monoisotopic (exact) mass is 375 g/mol. The van der Waals surface area contributed by atoms with Crippen LogP contribution >= 0.6 is 0 Å². The van der Waals surface area contributed by atoms with Crippen LogP contribution in [0.25, 0.3) is 0 Å². The van der Waals surface area contributed by atoms with Gasteiger partial charge in [-0.2, -0.15) is 0 Å². The molecule has 6 nitrogen and oxygen atoms in total. The number of hydrogen-bond acceptors (Lipinski definition) is 4. The number of nitrogens with zero attached hydrogens (tertiary/aromatic N) is 1. The lowest BCUT2D eigenvalue weighted by molar-refractivity contribution is -0.155. The maximum Gasteiger partial charge on any atom is 0.332 e. The summed E-state index contributed by atoms with van der Waals surface area (Å²) in [5, 5.41) is 9.00. The van der Waals surface area contributed by atoms with Gasteiger partial charge in [-0.1, -0.05) is 12.1 Å². The molecule has 2 atom stereocenters. The van der Waals surface area contributed by atoms with E-state index in [-0.39, 0.29) is 5.91 Å². The van der Waals surface area contributed by atoms with Gasteiger partial charge in [0.1, 0.15) is 11.9 Å². The Morgan fingerprint density at radius 3 is 2.37 bits per heavy atom. The molecule has 1 N–H and O–H groups in total. The van der Waals surface area contributed by atoms with Crippen LogP contribution in [0.3, 0.4) is 0 Å². The highest BCUT2D eigenvalue weighted by molar-refractivity contribution is 5.82. The largest absolute Gasteiger partial charge is 0.494 e. The van der Waals surface area contributed by atoms with Gasteiger partial charge in [-0.05, 0) is 69.1 Å². The highest BCUT2D eigenvalue weighted by Gasteiger charge is 2.37. The Kier molecular flexibility index (Phi) is 6.72. The molecule has 2 aliphatic heterocycles. The molecule has 0 spiro atoms. The molecule has 2 heterocycles. The first-order chi connectivity index (χ1) is 13.1. The van der Waals surface area contributed by atoms with Crippen molar-refractivity contribution in [3.05, 3.63) is 29.8 Å². The number of ether oxygens (including phenoxy) is 2. The van der Waals surface area contributed by atoms with Crippen molar-refractivity contribution >= 4 is 11.9 Å². The highest BCUT2D eigenvalue weighted by Crippen LogP contribution is 2.26. The van der Waals surface area contributed by atoms with Gasteiger partial charge in [0.25, 0.3) is 5.91 Å². The molecule has 2 aliphatic rings. The normalized spacial score (nSPS) is 23.4. The molecule has 0 radical (unpaired) electrons. The number of carbonyl (C=O) groups excluding carboxylic acids is 1. The van der Waals surface area contributed by atoms with Crippen molar-refractivity contribution in [2.24, 2.45) is 5.92 Å². The molecule has 27 heavy (non-hydrogen) atoms. The van der Waals surface area contributed by atoms with Crippen LogP contribution in [0.2, 0.25) is 0 Å². The lowest BCUT2D eigenvalue weighted by Gasteiger charge is -2.33. The van der Waals surface area contributed by atoms with Crippen LogP contribution in [-0.2, 0) is 20.7 Å². The molecular formula is C21H29NO5. The van der Waals surface area contributed by atoms with Crippen molar-refractivity contribution in [2.45, 2.75) is 57.7 Å². The highest BCUT2D eigenvalue weighted by atomic mass is 16.5. The van der Waals surface area contributed by atoms with Gasteiger partial charge in [-0.15, -0.1) is 0 Å². The molecule has 2 fully saturated rings. The fraction of sp³-hybridized carbons (Fsp3) is 0.619. The fourth-order valence-electron chi connectivity index (χ4n) is 3.94. The number of likely N-dealkylation sites (tertiary alicyclic amines) is 1. The smallest absolute Gasteiger partial charge is 0.332 e. The molecule has 1 aromatic rings. The molecule has 0 aliphatic carbocycles. The van der Waals surface area contributed by atoms with Crippen LogP contribution in [0, 0.1) is 5.92 Å². The Morgan fingerprint density at radius 2 is 1.78 bits per heavy atom. The topological polar surface area (TPSA) is 76.1 Å². The van der Waals surface area contributed by atoms with Crippen molar-refractivity contribution in [1.82, 2.24) is 4.90 Å². The first-order valence-corrected chi connectivity index (χ1v) is 9.95. The molecule has 1 amide bonds. The van der Waals surface area contributed by atoms with Gasteiger partial charge in [0, 0.05) is 13.1 Å². The molecule has 3 rings (SSSR count). The zero-order valence-corrected chi connectivity index (χ0v) is 15.9. The maximum absolute atomic E-state index is 12.5. The standard InChI is InChI=1S/C21H29NO5/c1-2-26-17-7-5-15(6-8-17)3-4-16-11-13-22(14-12-16)20(23)18-9-10-19(27-18)21(24)25/h5-8,16,18-19H,2-4,9-14H2,1H3,(H,24,25)/t18-,19+/m0/s1. The summed E-state index contributed by atoms with van der Waals surface area (Å²) in [5.41, 5.74) is 1.32. The predicted molar refractivity (Wildman–Crippen MR) is 101 cm³/mol. The quantitative estimate of drug-likeness (QED) is 0.793. The third kappa shape index (κ3) is 5.22. The van der Waals surface area contributed by atoms with Crippen molar-refractivity contribution in [3.63, 3.8) is 0 Å². The number of amides is 1. The van der Waals surface area contributed by atoms with Crippen LogP contribution in [0.4, 0.5) is 0 Å². The minimum absolute atomic E-state index is 0.0382. The molecule has 0 unspecified atom stereocenters. The zero-order valence-electron chi connectivity index (χ0n) is 15.9. The van der Waals surface area contributed by atoms with E-state index in [4.69, 9.17) is 14.6 Å². The maximum atomic E-state index is 12.5. The molecule has 148 valence electrons. The van der Waals surface area contributed by atoms with Crippen LogP contribution in [0.1, 0.15) is 44.6 Å². The first-order valence-electron chi connectivity index (χ1n) is 9.95. The van der Waals surface area contributed by atoms with Crippen molar-refractivity contribution in [1.29, 1.82) is 0 Å². The Bertz CT molecular complexity index is 636. The predicted octanol–water partition coefficient (Wildman–Crippen LogP) is 2.89. The van der Waals surface area contributed by atoms with E-state index in [1.807, 2.05) is 24.0 Å². The number of carboxylic acids is 1. The summed E-state index contributed by atoms with van der Waals surface area (Å²) >= 11 is 0. The van der Waals surface area contributed by atoms with E-state index in [1.54, 1.807) is 0 Å². The molecule has 0 bridgehead atoms. The van der Waals surface area contributed by atoms with Crippen LogP contribution in [-0.4, -0.2) is 53.8 Å². The molecular weight excluding hydrogens is 346 g/mol. The second-order valence-corrected chi connectivity index (χ2v) is 7.41. The van der Waals surface area contributed by atoms with Gasteiger partial charge < -0.3 is 19.5 Å². The molecule has 0 aromatic heterocycles. The summed E-state index contributed by atoms with van der Waals surface area (Å²) in [7, 11) is 0. The Hall–Kier alpha value is -2.08. The van der Waals surface area contributed by atoms with Crippen LogP contribution < -0.4 is 4.74 Å². The summed E-state index contributed by atoms with van der Waals surface area (Å²) in [6, 6.07) is 8.29. The fourth-order valence-corrected chi connectivity index (χ4v) is 3.94. The third-order valence-electron chi connectivity index (χ3n) is 5.57. The van der Waals surface area contributed by atoms with Gasteiger partial charge >= 0.3 is 5.97 Å². The van der Waals surface area contributed by atoms with Crippen LogP contribution in [0.15, 0.2) is 24.3 Å². The number of carboxylic acid groups (broad SMARTS) is 1. The minimum Gasteiger partial charge on any atom is -0.494 e. The van der Waals surface area contributed by atoms with Crippen molar-refractivity contribution < 1.29 is 24.2 Å². The second-order valence-electron chi connectivity index (χ2n) is 7.41. The van der Waals surface area contributed by atoms with E-state index in [2.05, 4.69) is 12.1 Å². The number of aliphatic carboxylic acids is 1. The zero-order chi connectivity index (χ0) is 19.2. The third-order valence-corrected chi connectivity index (χ3v) is 5.57. The lowest BCUT2D eigenvalue weighted by Crippen LogP contribution is -2.44. The van der Waals surface area contributed by atoms with Crippen molar-refractivity contribution in [2.75, 3.05) is 19.7 Å². The molecule has 6 heteroatoms. The van der Waals surface area contributed by atoms with Gasteiger partial charge in [0.2, 0.25) is 0 Å². The average Bonchev–Trinajstić information content (AvgIpc) is 3.18. The van der Waals surface area contributed by atoms with Crippen LogP contribution in [0.5, 0.6) is 5.75 Å². The summed E-state index contributed by atoms with van der Waals surface area (Å²) in [5.74, 6) is 0.520. The Labute approximate surface area is 160 Å². The number of carbonyl (C=O) groups is 2. The lowest BCUT2D eigenvalue weighted by atomic mass is 9.90. The minimum atomic E-state index is -0.974. The number of hydrogen-bond donors (Lipinski definition) is 1. The van der Waals surface area contributed by atoms with E-state index in [0.29, 0.717) is 25.4 Å². The summed E-state index contributed by atoms with van der Waals surface area (Å²) in [4.78, 5) is 25.4. The van der Waals surface area contributed by atoms with Gasteiger partial charge in [-0.25, -0.2) is 4.79 Å². The van der Waals surface area contributed by atoms with E-state index < -0.39 is 18.2 Å². The summed E-state index contributed by atoms with van der Waals surface area (Å²) in [6.07, 6.45) is 3.68.